The van der Waals surface area contributed by atoms with Gasteiger partial charge in [-0.25, -0.2) is 4.99 Å². The lowest BCUT2D eigenvalue weighted by Gasteiger charge is -2.33. The Morgan fingerprint density at radius 2 is 1.70 bits per heavy atom. The lowest BCUT2D eigenvalue weighted by molar-refractivity contribution is -0.137. The van der Waals surface area contributed by atoms with Crippen LogP contribution in [-0.4, -0.2) is 46.5 Å². The second-order valence-electron chi connectivity index (χ2n) is 10.5. The van der Waals surface area contributed by atoms with Crippen molar-refractivity contribution in [2.75, 3.05) is 13.2 Å². The van der Waals surface area contributed by atoms with Crippen LogP contribution >= 0.6 is 23.2 Å². The molecule has 1 N–H and O–H groups in total. The maximum absolute atomic E-state index is 14.8. The maximum atomic E-state index is 14.8. The zero-order chi connectivity index (χ0) is 30.0. The molecule has 1 spiro atoms. The van der Waals surface area contributed by atoms with Crippen LogP contribution in [0, 0.1) is 0 Å². The van der Waals surface area contributed by atoms with Gasteiger partial charge in [0, 0.05) is 46.2 Å². The first-order valence-corrected chi connectivity index (χ1v) is 14.7. The van der Waals surface area contributed by atoms with Crippen LogP contribution in [0.3, 0.4) is 0 Å². The maximum Gasteiger partial charge on any atom is 0.262 e. The smallest absolute Gasteiger partial charge is 0.262 e. The predicted octanol–water partition coefficient (Wildman–Crippen LogP) is 6.44. The summed E-state index contributed by atoms with van der Waals surface area (Å²) in [5.74, 6) is -0.0251. The molecule has 0 fully saturated rings. The molecule has 218 valence electrons. The highest BCUT2D eigenvalue weighted by molar-refractivity contribution is 6.35. The molecule has 9 heteroatoms. The van der Waals surface area contributed by atoms with Crippen molar-refractivity contribution in [3.05, 3.63) is 135 Å². The molecule has 0 bridgehead atoms. The number of rotatable bonds is 7. The van der Waals surface area contributed by atoms with Crippen LogP contribution in [0.4, 0.5) is 0 Å². The fourth-order valence-corrected chi connectivity index (χ4v) is 6.02. The SMILES string of the molecule is O=C(c1ccccc1)N1Cc2ccccc2C[C@]2(N=C(c3ccc(OCCCO)cc3)O[C@@H]2c2ccc(Cl)cc2Cl)C1=O. The van der Waals surface area contributed by atoms with Crippen LogP contribution in [-0.2, 0) is 22.5 Å². The molecule has 2 atom stereocenters. The molecule has 7 nitrogen and oxygen atoms in total. The van der Waals surface area contributed by atoms with Gasteiger partial charge in [-0.1, -0.05) is 71.7 Å². The number of carbonyl (C=O) groups excluding carboxylic acids is 2. The number of hydrogen-bond donors (Lipinski definition) is 1. The van der Waals surface area contributed by atoms with Crippen LogP contribution < -0.4 is 4.74 Å². The molecule has 0 aromatic heterocycles. The zero-order valence-corrected chi connectivity index (χ0v) is 24.6. The van der Waals surface area contributed by atoms with Gasteiger partial charge in [0.25, 0.3) is 11.8 Å². The van der Waals surface area contributed by atoms with Gasteiger partial charge in [-0.2, -0.15) is 0 Å². The van der Waals surface area contributed by atoms with Crippen molar-refractivity contribution in [1.82, 2.24) is 4.90 Å². The van der Waals surface area contributed by atoms with Crippen molar-refractivity contribution >= 4 is 40.9 Å². The average Bonchev–Trinajstić information content (AvgIpc) is 3.35. The molecule has 4 aromatic rings. The monoisotopic (exact) mass is 614 g/mol. The Morgan fingerprint density at radius 3 is 2.42 bits per heavy atom. The summed E-state index contributed by atoms with van der Waals surface area (Å²) in [6, 6.07) is 28.6. The molecule has 0 radical (unpaired) electrons. The number of amides is 2. The van der Waals surface area contributed by atoms with Gasteiger partial charge in [0.15, 0.2) is 11.6 Å². The van der Waals surface area contributed by atoms with Crippen molar-refractivity contribution in [3.63, 3.8) is 0 Å². The third-order valence-corrected chi connectivity index (χ3v) is 8.23. The van der Waals surface area contributed by atoms with E-state index in [4.69, 9.17) is 42.8 Å². The van der Waals surface area contributed by atoms with Gasteiger partial charge >= 0.3 is 0 Å². The predicted molar refractivity (Wildman–Crippen MR) is 165 cm³/mol. The molecule has 4 aromatic carbocycles. The number of halogens is 2. The van der Waals surface area contributed by atoms with Gasteiger partial charge in [-0.05, 0) is 59.7 Å². The van der Waals surface area contributed by atoms with Gasteiger partial charge in [0.05, 0.1) is 13.2 Å². The molecule has 2 amide bonds. The molecule has 2 heterocycles. The number of hydrogen-bond acceptors (Lipinski definition) is 6. The summed E-state index contributed by atoms with van der Waals surface area (Å²) >= 11 is 13.0. The van der Waals surface area contributed by atoms with E-state index in [2.05, 4.69) is 0 Å². The van der Waals surface area contributed by atoms with Crippen molar-refractivity contribution < 1.29 is 24.2 Å². The van der Waals surface area contributed by atoms with E-state index in [1.165, 1.54) is 4.90 Å². The number of aliphatic hydroxyl groups excluding tert-OH is 1. The lowest BCUT2D eigenvalue weighted by atomic mass is 9.81. The van der Waals surface area contributed by atoms with Crippen molar-refractivity contribution in [2.24, 2.45) is 4.99 Å². The lowest BCUT2D eigenvalue weighted by Crippen LogP contribution is -2.51. The Kier molecular flexibility index (Phi) is 8.21. The van der Waals surface area contributed by atoms with Crippen LogP contribution in [0.5, 0.6) is 5.75 Å². The number of aliphatic imine (C=N–C) groups is 1. The topological polar surface area (TPSA) is 88.4 Å². The summed E-state index contributed by atoms with van der Waals surface area (Å²) in [6.45, 7) is 0.517. The highest BCUT2D eigenvalue weighted by atomic mass is 35.5. The molecule has 2 aliphatic rings. The first kappa shape index (κ1) is 28.9. The molecular weight excluding hydrogens is 587 g/mol. The van der Waals surface area contributed by atoms with E-state index < -0.39 is 23.5 Å². The largest absolute Gasteiger partial charge is 0.494 e. The second-order valence-corrected chi connectivity index (χ2v) is 11.3. The first-order chi connectivity index (χ1) is 20.9. The number of ether oxygens (including phenoxy) is 2. The number of benzene rings is 4. The molecule has 2 aliphatic heterocycles. The van der Waals surface area contributed by atoms with E-state index >= 15 is 0 Å². The van der Waals surface area contributed by atoms with Gasteiger partial charge in [0.2, 0.25) is 5.90 Å². The van der Waals surface area contributed by atoms with Crippen molar-refractivity contribution in [2.45, 2.75) is 31.0 Å². The highest BCUT2D eigenvalue weighted by Crippen LogP contribution is 2.47. The molecule has 6 rings (SSSR count). The van der Waals surface area contributed by atoms with Gasteiger partial charge in [-0.15, -0.1) is 0 Å². The summed E-state index contributed by atoms with van der Waals surface area (Å²) < 4.78 is 12.2. The Labute approximate surface area is 259 Å². The van der Waals surface area contributed by atoms with Gasteiger partial charge in [0.1, 0.15) is 5.75 Å². The summed E-state index contributed by atoms with van der Waals surface area (Å²) in [7, 11) is 0. The average molecular weight is 616 g/mol. The Bertz CT molecular complexity index is 1690. The summed E-state index contributed by atoms with van der Waals surface area (Å²) in [5.41, 5.74) is 1.76. The Morgan fingerprint density at radius 1 is 0.977 bits per heavy atom. The molecule has 0 aliphatic carbocycles. The minimum absolute atomic E-state index is 0.0421. The third kappa shape index (κ3) is 5.64. The molecule has 0 unspecified atom stereocenters. The van der Waals surface area contributed by atoms with Crippen LogP contribution in [0.1, 0.15) is 45.1 Å². The number of nitrogens with zero attached hydrogens (tertiary/aromatic N) is 2. The van der Waals surface area contributed by atoms with Crippen molar-refractivity contribution in [3.8, 4) is 5.75 Å². The number of fused-ring (bicyclic) bond motifs is 1. The summed E-state index contributed by atoms with van der Waals surface area (Å²) in [6.07, 6.45) is -0.237. The number of carbonyl (C=O) groups is 2. The van der Waals surface area contributed by atoms with Gasteiger partial charge in [-0.3, -0.25) is 14.5 Å². The van der Waals surface area contributed by atoms with E-state index in [0.29, 0.717) is 45.5 Å². The molecule has 43 heavy (non-hydrogen) atoms. The van der Waals surface area contributed by atoms with E-state index in [0.717, 1.165) is 11.1 Å². The van der Waals surface area contributed by atoms with Crippen LogP contribution in [0.2, 0.25) is 10.0 Å². The molecule has 0 saturated heterocycles. The fourth-order valence-electron chi connectivity index (χ4n) is 5.51. The Hall–Kier alpha value is -4.17. The molecular formula is C34H28Cl2N2O5. The third-order valence-electron chi connectivity index (χ3n) is 7.67. The number of imide groups is 1. The minimum Gasteiger partial charge on any atom is -0.494 e. The number of aliphatic hydroxyl groups is 1. The fraction of sp³-hybridized carbons (Fsp3) is 0.206. The van der Waals surface area contributed by atoms with E-state index in [1.54, 1.807) is 66.7 Å². The van der Waals surface area contributed by atoms with E-state index in [-0.39, 0.29) is 25.5 Å². The highest BCUT2D eigenvalue weighted by Gasteiger charge is 2.57. The summed E-state index contributed by atoms with van der Waals surface area (Å²) in [4.78, 5) is 35.0. The Balaban J connectivity index is 1.49. The van der Waals surface area contributed by atoms with Crippen LogP contribution in [0.15, 0.2) is 102 Å². The first-order valence-electron chi connectivity index (χ1n) is 13.9. The van der Waals surface area contributed by atoms with Crippen LogP contribution in [0.25, 0.3) is 0 Å². The van der Waals surface area contributed by atoms with E-state index in [1.807, 2.05) is 30.3 Å². The minimum atomic E-state index is -1.54. The van der Waals surface area contributed by atoms with E-state index in [9.17, 15) is 9.59 Å². The summed E-state index contributed by atoms with van der Waals surface area (Å²) in [5, 5.41) is 9.81. The van der Waals surface area contributed by atoms with Crippen molar-refractivity contribution in [1.29, 1.82) is 0 Å². The van der Waals surface area contributed by atoms with Gasteiger partial charge < -0.3 is 14.6 Å². The quantitative estimate of drug-likeness (QED) is 0.191. The zero-order valence-electron chi connectivity index (χ0n) is 23.1. The second kappa shape index (κ2) is 12.2. The molecule has 0 saturated carbocycles. The normalized spacial score (nSPS) is 19.4. The standard InChI is InChI=1S/C34H28Cl2N2O5/c35-26-13-16-28(29(36)19-26)30-34(37-31(43-30)22-11-14-27(15-12-22)42-18-6-17-39)20-24-9-4-5-10-25(24)21-38(33(34)41)32(40)23-7-2-1-3-8-23/h1-5,7-16,19,30,39H,6,17-18,20-21H2/t30-,34-/m1/s1.